The first-order chi connectivity index (χ1) is 10.0. The second-order valence-corrected chi connectivity index (χ2v) is 6.33. The Morgan fingerprint density at radius 3 is 2.71 bits per heavy atom. The van der Waals surface area contributed by atoms with Gasteiger partial charge in [-0.1, -0.05) is 31.4 Å². The lowest BCUT2D eigenvalue weighted by Gasteiger charge is -2.36. The van der Waals surface area contributed by atoms with Gasteiger partial charge in [0.15, 0.2) is 0 Å². The molecule has 0 spiro atoms. The fourth-order valence-corrected chi connectivity index (χ4v) is 3.27. The molecule has 0 aromatic heterocycles. The number of phenolic OH excluding ortho intramolecular Hbond substituents is 1. The summed E-state index contributed by atoms with van der Waals surface area (Å²) in [6.07, 6.45) is 6.21. The summed E-state index contributed by atoms with van der Waals surface area (Å²) < 4.78 is 0. The van der Waals surface area contributed by atoms with E-state index >= 15 is 0 Å². The molecule has 0 aliphatic heterocycles. The lowest BCUT2D eigenvalue weighted by atomic mass is 9.71. The summed E-state index contributed by atoms with van der Waals surface area (Å²) in [5, 5.41) is 12.5. The van der Waals surface area contributed by atoms with Gasteiger partial charge in [0.25, 0.3) is 0 Å². The summed E-state index contributed by atoms with van der Waals surface area (Å²) in [4.78, 5) is 12.3. The molecule has 1 unspecified atom stereocenters. The zero-order chi connectivity index (χ0) is 15.3. The van der Waals surface area contributed by atoms with Crippen molar-refractivity contribution >= 4 is 5.91 Å². The van der Waals surface area contributed by atoms with Crippen molar-refractivity contribution < 1.29 is 9.90 Å². The molecule has 1 amide bonds. The predicted octanol–water partition coefficient (Wildman–Crippen LogP) is 2.87. The van der Waals surface area contributed by atoms with Crippen LogP contribution in [0.15, 0.2) is 24.3 Å². The highest BCUT2D eigenvalue weighted by molar-refractivity contribution is 5.77. The molecule has 4 nitrogen and oxygen atoms in total. The van der Waals surface area contributed by atoms with Gasteiger partial charge in [-0.15, -0.1) is 0 Å². The van der Waals surface area contributed by atoms with Gasteiger partial charge in [-0.2, -0.15) is 0 Å². The second kappa shape index (κ2) is 6.94. The van der Waals surface area contributed by atoms with Crippen LogP contribution in [0.1, 0.15) is 57.1 Å². The Morgan fingerprint density at radius 1 is 1.38 bits per heavy atom. The van der Waals surface area contributed by atoms with Crippen molar-refractivity contribution in [3.63, 3.8) is 0 Å². The minimum absolute atomic E-state index is 0.0130. The molecule has 21 heavy (non-hydrogen) atoms. The number of phenols is 1. The van der Waals surface area contributed by atoms with Gasteiger partial charge in [-0.05, 0) is 49.4 Å². The van der Waals surface area contributed by atoms with E-state index in [2.05, 4.69) is 5.32 Å². The van der Waals surface area contributed by atoms with Crippen LogP contribution in [0.2, 0.25) is 0 Å². The number of aromatic hydroxyl groups is 1. The van der Waals surface area contributed by atoms with Crippen LogP contribution in [0.25, 0.3) is 0 Å². The van der Waals surface area contributed by atoms with Crippen molar-refractivity contribution in [2.45, 2.75) is 51.5 Å². The van der Waals surface area contributed by atoms with Gasteiger partial charge in [0.2, 0.25) is 5.91 Å². The summed E-state index contributed by atoms with van der Waals surface area (Å²) >= 11 is 0. The molecule has 0 heterocycles. The molecule has 1 aliphatic carbocycles. The molecule has 1 fully saturated rings. The van der Waals surface area contributed by atoms with E-state index in [4.69, 9.17) is 5.73 Å². The number of amides is 1. The Bertz CT molecular complexity index is 481. The Labute approximate surface area is 126 Å². The highest BCUT2D eigenvalue weighted by Gasteiger charge is 2.33. The number of hydrogen-bond acceptors (Lipinski definition) is 3. The van der Waals surface area contributed by atoms with Crippen molar-refractivity contribution in [2.75, 3.05) is 6.54 Å². The third kappa shape index (κ3) is 4.21. The summed E-state index contributed by atoms with van der Waals surface area (Å²) in [5.74, 6) is 0.275. The van der Waals surface area contributed by atoms with Crippen LogP contribution in [-0.4, -0.2) is 17.6 Å². The van der Waals surface area contributed by atoms with Gasteiger partial charge in [-0.3, -0.25) is 4.79 Å². The first-order valence-electron chi connectivity index (χ1n) is 7.83. The molecule has 0 saturated heterocycles. The maximum absolute atomic E-state index is 12.3. The van der Waals surface area contributed by atoms with E-state index in [1.807, 2.05) is 13.0 Å². The van der Waals surface area contributed by atoms with Crippen molar-refractivity contribution in [3.05, 3.63) is 29.8 Å². The summed E-state index contributed by atoms with van der Waals surface area (Å²) in [7, 11) is 0. The Kier molecular flexibility index (Phi) is 5.23. The smallest absolute Gasteiger partial charge is 0.221 e. The van der Waals surface area contributed by atoms with E-state index in [-0.39, 0.29) is 23.1 Å². The SMILES string of the molecule is CC(NC(=O)CC1(CN)CCCCC1)c1cccc(O)c1. The van der Waals surface area contributed by atoms with E-state index < -0.39 is 0 Å². The van der Waals surface area contributed by atoms with Crippen molar-refractivity contribution in [1.82, 2.24) is 5.32 Å². The maximum Gasteiger partial charge on any atom is 0.221 e. The monoisotopic (exact) mass is 290 g/mol. The van der Waals surface area contributed by atoms with E-state index in [1.54, 1.807) is 18.2 Å². The minimum Gasteiger partial charge on any atom is -0.508 e. The van der Waals surface area contributed by atoms with E-state index in [1.165, 1.54) is 19.3 Å². The maximum atomic E-state index is 12.3. The van der Waals surface area contributed by atoms with Crippen LogP contribution in [0.3, 0.4) is 0 Å². The fourth-order valence-electron chi connectivity index (χ4n) is 3.27. The topological polar surface area (TPSA) is 75.4 Å². The standard InChI is InChI=1S/C17H26N2O2/c1-13(14-6-5-7-15(20)10-14)19-16(21)11-17(12-18)8-3-2-4-9-17/h5-7,10,13,20H,2-4,8-9,11-12,18H2,1H3,(H,19,21). The van der Waals surface area contributed by atoms with Gasteiger partial charge in [0, 0.05) is 6.42 Å². The third-order valence-electron chi connectivity index (χ3n) is 4.63. The average molecular weight is 290 g/mol. The summed E-state index contributed by atoms with van der Waals surface area (Å²) in [6.45, 7) is 2.52. The lowest BCUT2D eigenvalue weighted by Crippen LogP contribution is -2.39. The van der Waals surface area contributed by atoms with Gasteiger partial charge >= 0.3 is 0 Å². The number of carbonyl (C=O) groups is 1. The molecule has 1 aromatic rings. The average Bonchev–Trinajstić information content (AvgIpc) is 2.48. The minimum atomic E-state index is -0.108. The van der Waals surface area contributed by atoms with E-state index in [9.17, 15) is 9.90 Å². The molecule has 1 aliphatic rings. The number of nitrogens with one attached hydrogen (secondary N) is 1. The second-order valence-electron chi connectivity index (χ2n) is 6.33. The van der Waals surface area contributed by atoms with Gasteiger partial charge in [-0.25, -0.2) is 0 Å². The zero-order valence-corrected chi connectivity index (χ0v) is 12.8. The molecular weight excluding hydrogens is 264 g/mol. The number of hydrogen-bond donors (Lipinski definition) is 3. The number of nitrogens with two attached hydrogens (primary N) is 1. The van der Waals surface area contributed by atoms with Crippen LogP contribution in [0.4, 0.5) is 0 Å². The quantitative estimate of drug-likeness (QED) is 0.780. The molecule has 1 atom stereocenters. The highest BCUT2D eigenvalue weighted by atomic mass is 16.3. The Balaban J connectivity index is 1.94. The fraction of sp³-hybridized carbons (Fsp3) is 0.588. The zero-order valence-electron chi connectivity index (χ0n) is 12.8. The van der Waals surface area contributed by atoms with Gasteiger partial charge in [0.1, 0.15) is 5.75 Å². The van der Waals surface area contributed by atoms with Crippen LogP contribution in [0, 0.1) is 5.41 Å². The highest BCUT2D eigenvalue weighted by Crippen LogP contribution is 2.38. The largest absolute Gasteiger partial charge is 0.508 e. The van der Waals surface area contributed by atoms with E-state index in [0.29, 0.717) is 13.0 Å². The van der Waals surface area contributed by atoms with E-state index in [0.717, 1.165) is 18.4 Å². The van der Waals surface area contributed by atoms with Gasteiger partial charge in [0.05, 0.1) is 6.04 Å². The molecule has 2 rings (SSSR count). The molecule has 4 heteroatoms. The van der Waals surface area contributed by atoms with Gasteiger partial charge < -0.3 is 16.2 Å². The van der Waals surface area contributed by atoms with Crippen LogP contribution < -0.4 is 11.1 Å². The molecule has 0 radical (unpaired) electrons. The Hall–Kier alpha value is -1.55. The molecule has 116 valence electrons. The van der Waals surface area contributed by atoms with Crippen molar-refractivity contribution in [1.29, 1.82) is 0 Å². The van der Waals surface area contributed by atoms with Crippen LogP contribution in [0.5, 0.6) is 5.75 Å². The van der Waals surface area contributed by atoms with Crippen LogP contribution in [-0.2, 0) is 4.79 Å². The number of carbonyl (C=O) groups excluding carboxylic acids is 1. The van der Waals surface area contributed by atoms with Crippen LogP contribution >= 0.6 is 0 Å². The normalized spacial score (nSPS) is 19.0. The molecule has 1 saturated carbocycles. The number of benzene rings is 1. The molecule has 0 bridgehead atoms. The number of rotatable bonds is 5. The summed E-state index contributed by atoms with van der Waals surface area (Å²) in [5.41, 5.74) is 6.83. The molecular formula is C17H26N2O2. The molecule has 1 aromatic carbocycles. The first kappa shape index (κ1) is 15.8. The predicted molar refractivity (Wildman–Crippen MR) is 83.9 cm³/mol. The summed E-state index contributed by atoms with van der Waals surface area (Å²) in [6, 6.07) is 6.90. The molecule has 4 N–H and O–H groups in total. The first-order valence-corrected chi connectivity index (χ1v) is 7.83. The van der Waals surface area contributed by atoms with Crippen molar-refractivity contribution in [2.24, 2.45) is 11.1 Å². The third-order valence-corrected chi connectivity index (χ3v) is 4.63. The lowest BCUT2D eigenvalue weighted by molar-refractivity contribution is -0.124. The Morgan fingerprint density at radius 2 is 2.10 bits per heavy atom. The van der Waals surface area contributed by atoms with Crippen molar-refractivity contribution in [3.8, 4) is 5.75 Å².